The maximum Gasteiger partial charge on any atom is 0.0576 e. The van der Waals surface area contributed by atoms with Crippen LogP contribution in [0.4, 0.5) is 0 Å². The molecule has 1 aliphatic carbocycles. The Morgan fingerprint density at radius 3 is 2.56 bits per heavy atom. The van der Waals surface area contributed by atoms with Gasteiger partial charge in [-0.05, 0) is 38.4 Å². The molecule has 1 N–H and O–H groups in total. The Hall–Kier alpha value is -0.670. The highest BCUT2D eigenvalue weighted by molar-refractivity contribution is 7.85. The summed E-state index contributed by atoms with van der Waals surface area (Å²) in [5.74, 6) is 0. The molecule has 0 aromatic heterocycles. The second kappa shape index (κ2) is 6.48. The molecule has 1 aliphatic rings. The van der Waals surface area contributed by atoms with Gasteiger partial charge in [-0.2, -0.15) is 0 Å². The van der Waals surface area contributed by atoms with Crippen molar-refractivity contribution in [2.45, 2.75) is 55.7 Å². The van der Waals surface area contributed by atoms with Crippen LogP contribution in [0.2, 0.25) is 0 Å². The first-order chi connectivity index (χ1) is 8.72. The van der Waals surface area contributed by atoms with Crippen molar-refractivity contribution in [1.82, 2.24) is 5.32 Å². The molecule has 0 heterocycles. The van der Waals surface area contributed by atoms with E-state index in [1.165, 1.54) is 18.4 Å². The molecule has 2 rings (SSSR count). The lowest BCUT2D eigenvalue weighted by Crippen LogP contribution is -2.44. The lowest BCUT2D eigenvalue weighted by atomic mass is 9.95. The highest BCUT2D eigenvalue weighted by Gasteiger charge is 2.29. The van der Waals surface area contributed by atoms with Crippen LogP contribution in [-0.4, -0.2) is 22.0 Å². The molecule has 3 unspecified atom stereocenters. The molecule has 2 nitrogen and oxygen atoms in total. The van der Waals surface area contributed by atoms with E-state index in [-0.39, 0.29) is 5.25 Å². The zero-order valence-corrected chi connectivity index (χ0v) is 12.1. The molecule has 1 aromatic rings. The molecular weight excluding hydrogens is 242 g/mol. The van der Waals surface area contributed by atoms with Gasteiger partial charge < -0.3 is 5.32 Å². The minimum Gasteiger partial charge on any atom is -0.313 e. The van der Waals surface area contributed by atoms with E-state index >= 15 is 0 Å². The third-order valence-corrected chi connectivity index (χ3v) is 5.55. The summed E-state index contributed by atoms with van der Waals surface area (Å²) >= 11 is 0. The van der Waals surface area contributed by atoms with Crippen LogP contribution in [0.5, 0.6) is 0 Å². The molecule has 0 bridgehead atoms. The molecule has 0 aliphatic heterocycles. The fourth-order valence-electron chi connectivity index (χ4n) is 2.70. The topological polar surface area (TPSA) is 29.1 Å². The monoisotopic (exact) mass is 265 g/mol. The van der Waals surface area contributed by atoms with Gasteiger partial charge in [-0.15, -0.1) is 0 Å². The molecule has 18 heavy (non-hydrogen) atoms. The maximum absolute atomic E-state index is 12.7. The van der Waals surface area contributed by atoms with Gasteiger partial charge in [0.15, 0.2) is 0 Å². The largest absolute Gasteiger partial charge is 0.313 e. The first kappa shape index (κ1) is 13.8. The third-order valence-electron chi connectivity index (χ3n) is 3.70. The predicted molar refractivity (Wildman–Crippen MR) is 77.3 cm³/mol. The second-order valence-electron chi connectivity index (χ2n) is 5.10. The highest BCUT2D eigenvalue weighted by atomic mass is 32.2. The van der Waals surface area contributed by atoms with Gasteiger partial charge in [0.05, 0.1) is 16.0 Å². The molecular formula is C15H23NOS. The minimum atomic E-state index is -0.872. The Morgan fingerprint density at radius 1 is 1.22 bits per heavy atom. The van der Waals surface area contributed by atoms with Crippen molar-refractivity contribution in [3.63, 3.8) is 0 Å². The van der Waals surface area contributed by atoms with Crippen LogP contribution in [0, 0.1) is 6.92 Å². The van der Waals surface area contributed by atoms with E-state index in [1.54, 1.807) is 0 Å². The van der Waals surface area contributed by atoms with E-state index in [4.69, 9.17) is 0 Å². The molecule has 0 spiro atoms. The van der Waals surface area contributed by atoms with Crippen LogP contribution in [0.1, 0.15) is 38.2 Å². The summed E-state index contributed by atoms with van der Waals surface area (Å²) in [4.78, 5) is 0.982. The zero-order valence-electron chi connectivity index (χ0n) is 11.3. The summed E-state index contributed by atoms with van der Waals surface area (Å²) < 4.78 is 12.7. The van der Waals surface area contributed by atoms with Crippen molar-refractivity contribution in [1.29, 1.82) is 0 Å². The summed E-state index contributed by atoms with van der Waals surface area (Å²) in [6, 6.07) is 8.56. The van der Waals surface area contributed by atoms with Crippen LogP contribution >= 0.6 is 0 Å². The zero-order chi connectivity index (χ0) is 13.0. The molecule has 3 atom stereocenters. The number of hydrogen-bond acceptors (Lipinski definition) is 2. The van der Waals surface area contributed by atoms with Crippen molar-refractivity contribution in [2.24, 2.45) is 0 Å². The SMILES string of the molecule is CCNC1CCCCC1S(=O)c1ccc(C)cc1. The number of rotatable bonds is 4. The molecule has 0 radical (unpaired) electrons. The molecule has 1 fully saturated rings. The van der Waals surface area contributed by atoms with E-state index in [0.717, 1.165) is 24.3 Å². The third kappa shape index (κ3) is 3.21. The number of aryl methyl sites for hydroxylation is 1. The average molecular weight is 265 g/mol. The molecule has 1 aromatic carbocycles. The van der Waals surface area contributed by atoms with Crippen LogP contribution in [-0.2, 0) is 10.8 Å². The van der Waals surface area contributed by atoms with Gasteiger partial charge in [0.25, 0.3) is 0 Å². The smallest absolute Gasteiger partial charge is 0.0576 e. The second-order valence-corrected chi connectivity index (χ2v) is 6.77. The van der Waals surface area contributed by atoms with Gasteiger partial charge in [0, 0.05) is 10.9 Å². The lowest BCUT2D eigenvalue weighted by molar-refractivity contribution is 0.385. The molecule has 0 amide bonds. The summed E-state index contributed by atoms with van der Waals surface area (Å²) in [5, 5.41) is 3.78. The Bertz CT molecular complexity index is 399. The average Bonchev–Trinajstić information content (AvgIpc) is 2.40. The summed E-state index contributed by atoms with van der Waals surface area (Å²) in [7, 11) is -0.872. The molecule has 1 saturated carbocycles. The van der Waals surface area contributed by atoms with Gasteiger partial charge in [0.1, 0.15) is 0 Å². The van der Waals surface area contributed by atoms with E-state index in [0.29, 0.717) is 6.04 Å². The van der Waals surface area contributed by atoms with Gasteiger partial charge >= 0.3 is 0 Å². The van der Waals surface area contributed by atoms with Crippen molar-refractivity contribution in [3.05, 3.63) is 29.8 Å². The highest BCUT2D eigenvalue weighted by Crippen LogP contribution is 2.26. The quantitative estimate of drug-likeness (QED) is 0.906. The van der Waals surface area contributed by atoms with Crippen LogP contribution in [0.25, 0.3) is 0 Å². The first-order valence-electron chi connectivity index (χ1n) is 6.93. The summed E-state index contributed by atoms with van der Waals surface area (Å²) in [6.45, 7) is 5.15. The minimum absolute atomic E-state index is 0.279. The van der Waals surface area contributed by atoms with E-state index in [9.17, 15) is 4.21 Å². The van der Waals surface area contributed by atoms with E-state index in [1.807, 2.05) is 12.1 Å². The number of hydrogen-bond donors (Lipinski definition) is 1. The van der Waals surface area contributed by atoms with Crippen molar-refractivity contribution in [3.8, 4) is 0 Å². The van der Waals surface area contributed by atoms with Crippen molar-refractivity contribution < 1.29 is 4.21 Å². The normalized spacial score (nSPS) is 25.9. The van der Waals surface area contributed by atoms with E-state index < -0.39 is 10.8 Å². The Morgan fingerprint density at radius 2 is 1.89 bits per heavy atom. The van der Waals surface area contributed by atoms with Crippen LogP contribution in [0.15, 0.2) is 29.2 Å². The predicted octanol–water partition coefficient (Wildman–Crippen LogP) is 3.02. The number of nitrogens with one attached hydrogen (secondary N) is 1. The molecule has 100 valence electrons. The van der Waals surface area contributed by atoms with Gasteiger partial charge in [0.2, 0.25) is 0 Å². The number of benzene rings is 1. The lowest BCUT2D eigenvalue weighted by Gasteiger charge is -2.31. The van der Waals surface area contributed by atoms with Gasteiger partial charge in [-0.25, -0.2) is 0 Å². The Labute approximate surface area is 113 Å². The maximum atomic E-state index is 12.7. The molecule has 3 heteroatoms. The van der Waals surface area contributed by atoms with Crippen molar-refractivity contribution in [2.75, 3.05) is 6.54 Å². The van der Waals surface area contributed by atoms with Crippen molar-refractivity contribution >= 4 is 10.8 Å². The van der Waals surface area contributed by atoms with Crippen LogP contribution < -0.4 is 5.32 Å². The summed E-state index contributed by atoms with van der Waals surface area (Å²) in [5.41, 5.74) is 1.22. The van der Waals surface area contributed by atoms with Crippen LogP contribution in [0.3, 0.4) is 0 Å². The summed E-state index contributed by atoms with van der Waals surface area (Å²) in [6.07, 6.45) is 4.72. The fourth-order valence-corrected chi connectivity index (χ4v) is 4.36. The Kier molecular flexibility index (Phi) is 4.95. The standard InChI is InChI=1S/C15H23NOS/c1-3-16-14-6-4-5-7-15(14)18(17)13-10-8-12(2)9-11-13/h8-11,14-16H,3-7H2,1-2H3. The Balaban J connectivity index is 2.12. The first-order valence-corrected chi connectivity index (χ1v) is 8.14. The molecule has 0 saturated heterocycles. The van der Waals surface area contributed by atoms with Gasteiger partial charge in [-0.3, -0.25) is 4.21 Å². The fraction of sp³-hybridized carbons (Fsp3) is 0.600. The van der Waals surface area contributed by atoms with Gasteiger partial charge in [-0.1, -0.05) is 37.5 Å². The van der Waals surface area contributed by atoms with E-state index in [2.05, 4.69) is 31.3 Å².